The standard InChI is InChI=1S/C16H23N3O4S2/c1-2-10-24-14-6-3-5-13(12-14)18-16(21)15(20)17-7-9-19-8-4-11-25(19,22)23/h3,5-6,12H,2,4,7-11H2,1H3,(H,17,20)(H,18,21). The molecule has 1 aromatic rings. The van der Waals surface area contributed by atoms with Crippen molar-refractivity contribution in [3.8, 4) is 0 Å². The highest BCUT2D eigenvalue weighted by Crippen LogP contribution is 2.22. The normalized spacial score (nSPS) is 16.5. The first-order valence-corrected chi connectivity index (χ1v) is 10.8. The molecule has 0 aliphatic carbocycles. The molecule has 7 nitrogen and oxygen atoms in total. The number of thioether (sulfide) groups is 1. The van der Waals surface area contributed by atoms with Crippen LogP contribution in [0, 0.1) is 0 Å². The van der Waals surface area contributed by atoms with E-state index in [1.54, 1.807) is 17.8 Å². The summed E-state index contributed by atoms with van der Waals surface area (Å²) in [5.41, 5.74) is 0.559. The zero-order valence-electron chi connectivity index (χ0n) is 14.2. The second-order valence-electron chi connectivity index (χ2n) is 5.65. The van der Waals surface area contributed by atoms with Gasteiger partial charge in [-0.3, -0.25) is 9.59 Å². The first-order valence-electron chi connectivity index (χ1n) is 8.22. The van der Waals surface area contributed by atoms with Crippen LogP contribution in [0.5, 0.6) is 0 Å². The van der Waals surface area contributed by atoms with Crippen molar-refractivity contribution in [2.45, 2.75) is 24.7 Å². The number of carbonyl (C=O) groups excluding carboxylic acids is 2. The van der Waals surface area contributed by atoms with Crippen LogP contribution in [0.4, 0.5) is 5.69 Å². The molecule has 0 aromatic heterocycles. The minimum absolute atomic E-state index is 0.109. The molecular weight excluding hydrogens is 362 g/mol. The number of anilines is 1. The number of carbonyl (C=O) groups is 2. The molecule has 0 radical (unpaired) electrons. The maximum Gasteiger partial charge on any atom is 0.313 e. The van der Waals surface area contributed by atoms with Crippen molar-refractivity contribution in [3.63, 3.8) is 0 Å². The Hall–Kier alpha value is -1.58. The second-order valence-corrected chi connectivity index (χ2v) is 8.91. The highest BCUT2D eigenvalue weighted by molar-refractivity contribution is 7.99. The van der Waals surface area contributed by atoms with E-state index in [1.165, 1.54) is 4.31 Å². The first-order chi connectivity index (χ1) is 11.9. The third-order valence-corrected chi connectivity index (χ3v) is 6.78. The minimum atomic E-state index is -3.19. The Morgan fingerprint density at radius 2 is 2.08 bits per heavy atom. The van der Waals surface area contributed by atoms with Gasteiger partial charge < -0.3 is 10.6 Å². The largest absolute Gasteiger partial charge is 0.347 e. The van der Waals surface area contributed by atoms with Crippen molar-refractivity contribution in [2.24, 2.45) is 0 Å². The lowest BCUT2D eigenvalue weighted by atomic mass is 10.3. The van der Waals surface area contributed by atoms with Gasteiger partial charge in [-0.2, -0.15) is 0 Å². The number of nitrogens with zero attached hydrogens (tertiary/aromatic N) is 1. The SMILES string of the molecule is CCCSc1cccc(NC(=O)C(=O)NCCN2CCCS2(=O)=O)c1. The Balaban J connectivity index is 1.79. The number of rotatable bonds is 7. The number of sulfonamides is 1. The fourth-order valence-corrected chi connectivity index (χ4v) is 4.74. The van der Waals surface area contributed by atoms with Gasteiger partial charge >= 0.3 is 11.8 Å². The molecule has 25 heavy (non-hydrogen) atoms. The molecule has 0 spiro atoms. The van der Waals surface area contributed by atoms with Crippen LogP contribution in [0.3, 0.4) is 0 Å². The van der Waals surface area contributed by atoms with Gasteiger partial charge in [-0.15, -0.1) is 11.8 Å². The number of benzene rings is 1. The Morgan fingerprint density at radius 3 is 2.76 bits per heavy atom. The second kappa shape index (κ2) is 9.21. The molecule has 1 fully saturated rings. The molecule has 9 heteroatoms. The average Bonchev–Trinajstić information content (AvgIpc) is 2.91. The van der Waals surface area contributed by atoms with Crippen LogP contribution >= 0.6 is 11.8 Å². The van der Waals surface area contributed by atoms with E-state index in [1.807, 2.05) is 18.2 Å². The van der Waals surface area contributed by atoms with Gasteiger partial charge in [0.2, 0.25) is 10.0 Å². The molecule has 1 saturated heterocycles. The van der Waals surface area contributed by atoms with Crippen molar-refractivity contribution in [1.82, 2.24) is 9.62 Å². The molecule has 0 unspecified atom stereocenters. The number of hydrogen-bond acceptors (Lipinski definition) is 5. The summed E-state index contributed by atoms with van der Waals surface area (Å²) >= 11 is 1.68. The van der Waals surface area contributed by atoms with Gasteiger partial charge in [-0.1, -0.05) is 13.0 Å². The maximum atomic E-state index is 11.9. The third-order valence-electron chi connectivity index (χ3n) is 3.62. The van der Waals surface area contributed by atoms with Crippen LogP contribution in [-0.2, 0) is 19.6 Å². The molecule has 0 saturated carbocycles. The average molecular weight is 386 g/mol. The zero-order chi connectivity index (χ0) is 18.3. The summed E-state index contributed by atoms with van der Waals surface area (Å²) in [5, 5.41) is 5.01. The van der Waals surface area contributed by atoms with E-state index < -0.39 is 21.8 Å². The lowest BCUT2D eigenvalue weighted by Crippen LogP contribution is -2.40. The topological polar surface area (TPSA) is 95.6 Å². The molecule has 1 aliphatic heterocycles. The fourth-order valence-electron chi connectivity index (χ4n) is 2.39. The van der Waals surface area contributed by atoms with Gasteiger partial charge in [0, 0.05) is 30.2 Å². The molecule has 138 valence electrons. The predicted molar refractivity (Wildman–Crippen MR) is 99.1 cm³/mol. The summed E-state index contributed by atoms with van der Waals surface area (Å²) in [6.45, 7) is 2.85. The summed E-state index contributed by atoms with van der Waals surface area (Å²) in [6.07, 6.45) is 1.65. The number of amides is 2. The Bertz CT molecular complexity index is 722. The minimum Gasteiger partial charge on any atom is -0.347 e. The van der Waals surface area contributed by atoms with Gasteiger partial charge in [0.1, 0.15) is 0 Å². The highest BCUT2D eigenvalue weighted by atomic mass is 32.2. The molecule has 0 bridgehead atoms. The van der Waals surface area contributed by atoms with E-state index in [0.29, 0.717) is 18.7 Å². The highest BCUT2D eigenvalue weighted by Gasteiger charge is 2.27. The smallest absolute Gasteiger partial charge is 0.313 e. The zero-order valence-corrected chi connectivity index (χ0v) is 15.8. The Morgan fingerprint density at radius 1 is 1.28 bits per heavy atom. The summed E-state index contributed by atoms with van der Waals surface area (Å²) in [5.74, 6) is -0.407. The van der Waals surface area contributed by atoms with Crippen LogP contribution in [0.25, 0.3) is 0 Å². The predicted octanol–water partition coefficient (Wildman–Crippen LogP) is 1.28. The monoisotopic (exact) mass is 385 g/mol. The molecule has 0 atom stereocenters. The molecule has 1 aliphatic rings. The lowest BCUT2D eigenvalue weighted by Gasteiger charge is -2.14. The van der Waals surface area contributed by atoms with Crippen molar-refractivity contribution in [1.29, 1.82) is 0 Å². The van der Waals surface area contributed by atoms with E-state index in [2.05, 4.69) is 17.6 Å². The maximum absolute atomic E-state index is 11.9. The van der Waals surface area contributed by atoms with Gasteiger partial charge in [-0.05, 0) is 36.8 Å². The van der Waals surface area contributed by atoms with E-state index >= 15 is 0 Å². The molecular formula is C16H23N3O4S2. The van der Waals surface area contributed by atoms with E-state index in [0.717, 1.165) is 17.1 Å². The number of nitrogens with one attached hydrogen (secondary N) is 2. The summed E-state index contributed by atoms with van der Waals surface area (Å²) in [7, 11) is -3.19. The summed E-state index contributed by atoms with van der Waals surface area (Å²) in [6, 6.07) is 7.32. The molecule has 2 rings (SSSR count). The van der Waals surface area contributed by atoms with Crippen LogP contribution in [0.1, 0.15) is 19.8 Å². The molecule has 1 aromatic carbocycles. The first kappa shape index (κ1) is 19.7. The third kappa shape index (κ3) is 6.02. The van der Waals surface area contributed by atoms with Gasteiger partial charge in [0.15, 0.2) is 0 Å². The van der Waals surface area contributed by atoms with Crippen molar-refractivity contribution in [2.75, 3.05) is 36.5 Å². The van der Waals surface area contributed by atoms with E-state index in [-0.39, 0.29) is 18.8 Å². The molecule has 1 heterocycles. The van der Waals surface area contributed by atoms with Crippen molar-refractivity contribution >= 4 is 39.3 Å². The van der Waals surface area contributed by atoms with Crippen LogP contribution < -0.4 is 10.6 Å². The van der Waals surface area contributed by atoms with Gasteiger partial charge in [-0.25, -0.2) is 12.7 Å². The molecule has 2 N–H and O–H groups in total. The fraction of sp³-hybridized carbons (Fsp3) is 0.500. The Kier molecular flexibility index (Phi) is 7.27. The summed E-state index contributed by atoms with van der Waals surface area (Å²) in [4.78, 5) is 24.8. The quantitative estimate of drug-likeness (QED) is 0.544. The number of hydrogen-bond donors (Lipinski definition) is 2. The molecule has 2 amide bonds. The summed E-state index contributed by atoms with van der Waals surface area (Å²) < 4.78 is 24.6. The van der Waals surface area contributed by atoms with Crippen molar-refractivity contribution < 1.29 is 18.0 Å². The van der Waals surface area contributed by atoms with Crippen molar-refractivity contribution in [3.05, 3.63) is 24.3 Å². The van der Waals surface area contributed by atoms with Crippen LogP contribution in [-0.4, -0.2) is 55.7 Å². The van der Waals surface area contributed by atoms with Gasteiger partial charge in [0.05, 0.1) is 5.75 Å². The lowest BCUT2D eigenvalue weighted by molar-refractivity contribution is -0.136. The Labute approximate surface area is 152 Å². The van der Waals surface area contributed by atoms with Crippen LogP contribution in [0.2, 0.25) is 0 Å². The van der Waals surface area contributed by atoms with E-state index in [4.69, 9.17) is 0 Å². The van der Waals surface area contributed by atoms with Gasteiger partial charge in [0.25, 0.3) is 0 Å². The van der Waals surface area contributed by atoms with E-state index in [9.17, 15) is 18.0 Å². The van der Waals surface area contributed by atoms with Crippen LogP contribution in [0.15, 0.2) is 29.2 Å².